The fourth-order valence-corrected chi connectivity index (χ4v) is 2.48. The number of nitrogens with zero attached hydrogens (tertiary/aromatic N) is 1. The van der Waals surface area contributed by atoms with Gasteiger partial charge in [0.1, 0.15) is 0 Å². The molecule has 1 aliphatic heterocycles. The number of anilines is 2. The third-order valence-electron chi connectivity index (χ3n) is 3.30. The van der Waals surface area contributed by atoms with Crippen molar-refractivity contribution in [3.8, 4) is 0 Å². The van der Waals surface area contributed by atoms with Gasteiger partial charge < -0.3 is 4.74 Å². The molecule has 2 aromatic carbocycles. The van der Waals surface area contributed by atoms with E-state index in [0.29, 0.717) is 6.61 Å². The first-order valence-electron chi connectivity index (χ1n) is 6.44. The summed E-state index contributed by atoms with van der Waals surface area (Å²) >= 11 is 0. The number of hydrogen-bond acceptors (Lipinski definition) is 2. The summed E-state index contributed by atoms with van der Waals surface area (Å²) in [4.78, 5) is 13.9. The Morgan fingerprint density at radius 3 is 2.11 bits per heavy atom. The van der Waals surface area contributed by atoms with E-state index in [9.17, 15) is 4.79 Å². The topological polar surface area (TPSA) is 29.5 Å². The predicted molar refractivity (Wildman–Crippen MR) is 74.9 cm³/mol. The standard InChI is InChI=1S/C16H15NO2/c1-2-19-16(18)17-14-9-5-3-7-12(14)11-13-8-4-6-10-15(13)17/h3-10H,2,11H2,1H3. The van der Waals surface area contributed by atoms with Crippen molar-refractivity contribution in [2.24, 2.45) is 0 Å². The molecule has 0 saturated carbocycles. The first kappa shape index (κ1) is 11.8. The Hall–Kier alpha value is -2.29. The number of carbonyl (C=O) groups is 1. The number of carbonyl (C=O) groups excluding carboxylic acids is 1. The van der Waals surface area contributed by atoms with Crippen LogP contribution in [0.1, 0.15) is 18.1 Å². The van der Waals surface area contributed by atoms with E-state index in [0.717, 1.165) is 28.9 Å². The van der Waals surface area contributed by atoms with Crippen molar-refractivity contribution in [1.82, 2.24) is 0 Å². The van der Waals surface area contributed by atoms with Crippen LogP contribution in [0.15, 0.2) is 48.5 Å². The van der Waals surface area contributed by atoms with Gasteiger partial charge in [0.25, 0.3) is 0 Å². The Morgan fingerprint density at radius 1 is 1.05 bits per heavy atom. The molecule has 0 aliphatic carbocycles. The average molecular weight is 253 g/mol. The summed E-state index contributed by atoms with van der Waals surface area (Å²) in [6.45, 7) is 2.19. The molecule has 0 radical (unpaired) electrons. The smallest absolute Gasteiger partial charge is 0.418 e. The summed E-state index contributed by atoms with van der Waals surface area (Å²) in [5.41, 5.74) is 4.13. The Labute approximate surface area is 112 Å². The highest BCUT2D eigenvalue weighted by Crippen LogP contribution is 2.38. The summed E-state index contributed by atoms with van der Waals surface area (Å²) in [5, 5.41) is 0. The fourth-order valence-electron chi connectivity index (χ4n) is 2.48. The lowest BCUT2D eigenvalue weighted by molar-refractivity contribution is 0.162. The zero-order chi connectivity index (χ0) is 13.2. The van der Waals surface area contributed by atoms with Crippen molar-refractivity contribution >= 4 is 17.5 Å². The maximum Gasteiger partial charge on any atom is 0.418 e. The monoisotopic (exact) mass is 253 g/mol. The zero-order valence-corrected chi connectivity index (χ0v) is 10.8. The largest absolute Gasteiger partial charge is 0.449 e. The van der Waals surface area contributed by atoms with Gasteiger partial charge in [0.05, 0.1) is 18.0 Å². The van der Waals surface area contributed by atoms with E-state index in [-0.39, 0.29) is 6.09 Å². The number of hydrogen-bond donors (Lipinski definition) is 0. The summed E-state index contributed by atoms with van der Waals surface area (Å²) in [5.74, 6) is 0. The number of para-hydroxylation sites is 2. The van der Waals surface area contributed by atoms with Crippen molar-refractivity contribution in [3.05, 3.63) is 59.7 Å². The third-order valence-corrected chi connectivity index (χ3v) is 3.30. The lowest BCUT2D eigenvalue weighted by atomic mass is 9.96. The molecule has 0 aromatic heterocycles. The van der Waals surface area contributed by atoms with Crippen molar-refractivity contribution < 1.29 is 9.53 Å². The lowest BCUT2D eigenvalue weighted by Gasteiger charge is -2.30. The highest BCUT2D eigenvalue weighted by molar-refractivity contribution is 5.99. The molecule has 3 rings (SSSR count). The molecule has 0 bridgehead atoms. The number of fused-ring (bicyclic) bond motifs is 2. The normalized spacial score (nSPS) is 12.6. The van der Waals surface area contributed by atoms with Crippen molar-refractivity contribution in [2.75, 3.05) is 11.5 Å². The van der Waals surface area contributed by atoms with Gasteiger partial charge in [0.15, 0.2) is 0 Å². The second kappa shape index (κ2) is 4.76. The predicted octanol–water partition coefficient (Wildman–Crippen LogP) is 3.89. The van der Waals surface area contributed by atoms with Crippen LogP contribution in [-0.2, 0) is 11.2 Å². The second-order valence-corrected chi connectivity index (χ2v) is 4.47. The van der Waals surface area contributed by atoms with Gasteiger partial charge in [-0.15, -0.1) is 0 Å². The van der Waals surface area contributed by atoms with E-state index >= 15 is 0 Å². The van der Waals surface area contributed by atoms with Gasteiger partial charge in [-0.1, -0.05) is 36.4 Å². The van der Waals surface area contributed by atoms with E-state index in [4.69, 9.17) is 4.74 Å². The summed E-state index contributed by atoms with van der Waals surface area (Å²) in [6.07, 6.45) is 0.532. The van der Waals surface area contributed by atoms with E-state index < -0.39 is 0 Å². The minimum atomic E-state index is -0.318. The highest BCUT2D eigenvalue weighted by atomic mass is 16.6. The summed E-state index contributed by atoms with van der Waals surface area (Å²) < 4.78 is 5.18. The average Bonchev–Trinajstić information content (AvgIpc) is 2.44. The van der Waals surface area contributed by atoms with Crippen LogP contribution in [0, 0.1) is 0 Å². The molecule has 2 aromatic rings. The number of benzene rings is 2. The fraction of sp³-hybridized carbons (Fsp3) is 0.188. The molecule has 0 unspecified atom stereocenters. The number of amides is 1. The first-order valence-corrected chi connectivity index (χ1v) is 6.44. The SMILES string of the molecule is CCOC(=O)N1c2ccccc2Cc2ccccc21. The first-order chi connectivity index (χ1) is 9.31. The molecule has 19 heavy (non-hydrogen) atoms. The Balaban J connectivity index is 2.14. The van der Waals surface area contributed by atoms with Crippen LogP contribution < -0.4 is 4.90 Å². The molecule has 0 N–H and O–H groups in total. The van der Waals surface area contributed by atoms with Crippen LogP contribution in [0.5, 0.6) is 0 Å². The van der Waals surface area contributed by atoms with Crippen LogP contribution in [-0.4, -0.2) is 12.7 Å². The number of rotatable bonds is 1. The van der Waals surface area contributed by atoms with E-state index in [1.807, 2.05) is 43.3 Å². The zero-order valence-electron chi connectivity index (χ0n) is 10.8. The maximum atomic E-state index is 12.2. The molecule has 0 saturated heterocycles. The van der Waals surface area contributed by atoms with E-state index in [2.05, 4.69) is 12.1 Å². The highest BCUT2D eigenvalue weighted by Gasteiger charge is 2.27. The molecular weight excluding hydrogens is 238 g/mol. The van der Waals surface area contributed by atoms with Crippen molar-refractivity contribution in [1.29, 1.82) is 0 Å². The number of ether oxygens (including phenoxy) is 1. The molecule has 3 nitrogen and oxygen atoms in total. The Bertz CT molecular complexity index is 576. The molecule has 0 fully saturated rings. The van der Waals surface area contributed by atoms with Crippen molar-refractivity contribution in [2.45, 2.75) is 13.3 Å². The van der Waals surface area contributed by atoms with Gasteiger partial charge in [-0.05, 0) is 30.2 Å². The van der Waals surface area contributed by atoms with Crippen LogP contribution in [0.4, 0.5) is 16.2 Å². The Morgan fingerprint density at radius 2 is 1.58 bits per heavy atom. The van der Waals surface area contributed by atoms with Gasteiger partial charge >= 0.3 is 6.09 Å². The van der Waals surface area contributed by atoms with Crippen molar-refractivity contribution in [3.63, 3.8) is 0 Å². The summed E-state index contributed by atoms with van der Waals surface area (Å²) in [6, 6.07) is 15.9. The molecule has 1 amide bonds. The molecule has 0 spiro atoms. The minimum Gasteiger partial charge on any atom is -0.449 e. The third kappa shape index (κ3) is 1.97. The quantitative estimate of drug-likeness (QED) is 0.771. The van der Waals surface area contributed by atoms with Gasteiger partial charge in [-0.2, -0.15) is 0 Å². The van der Waals surface area contributed by atoms with Gasteiger partial charge in [0.2, 0.25) is 0 Å². The molecule has 96 valence electrons. The minimum absolute atomic E-state index is 0.318. The molecular formula is C16H15NO2. The van der Waals surface area contributed by atoms with Crippen LogP contribution in [0.2, 0.25) is 0 Å². The van der Waals surface area contributed by atoms with Gasteiger partial charge in [-0.3, -0.25) is 0 Å². The van der Waals surface area contributed by atoms with E-state index in [1.54, 1.807) is 4.90 Å². The van der Waals surface area contributed by atoms with Gasteiger partial charge in [0, 0.05) is 6.42 Å². The van der Waals surface area contributed by atoms with E-state index in [1.165, 1.54) is 0 Å². The van der Waals surface area contributed by atoms with Crippen LogP contribution in [0.3, 0.4) is 0 Å². The van der Waals surface area contributed by atoms with Gasteiger partial charge in [-0.25, -0.2) is 9.69 Å². The molecule has 3 heteroatoms. The lowest BCUT2D eigenvalue weighted by Crippen LogP contribution is -2.30. The maximum absolute atomic E-state index is 12.2. The molecule has 0 atom stereocenters. The van der Waals surface area contributed by atoms with Crippen LogP contribution >= 0.6 is 0 Å². The second-order valence-electron chi connectivity index (χ2n) is 4.47. The Kier molecular flexibility index (Phi) is 2.95. The molecule has 1 aliphatic rings. The molecule has 1 heterocycles. The summed E-state index contributed by atoms with van der Waals surface area (Å²) in [7, 11) is 0. The van der Waals surface area contributed by atoms with Crippen LogP contribution in [0.25, 0.3) is 0 Å².